The molecule has 0 unspecified atom stereocenters. The van der Waals surface area contributed by atoms with Gasteiger partial charge in [-0.1, -0.05) is 0 Å². The summed E-state index contributed by atoms with van der Waals surface area (Å²) in [6.45, 7) is 0. The highest BCUT2D eigenvalue weighted by Gasteiger charge is 2.15. The maximum atomic E-state index is 13.6. The number of ether oxygens (including phenoxy) is 2. The molecule has 6 rings (SSSR count). The number of fused-ring (bicyclic) bond motifs is 3. The summed E-state index contributed by atoms with van der Waals surface area (Å²) in [4.78, 5) is 0. The molecule has 0 N–H and O–H groups in total. The number of halogens is 1. The van der Waals surface area contributed by atoms with Crippen LogP contribution in [0.1, 0.15) is 0 Å². The van der Waals surface area contributed by atoms with E-state index in [0.29, 0.717) is 23.3 Å². The zero-order valence-electron chi connectivity index (χ0n) is 18.5. The van der Waals surface area contributed by atoms with Crippen LogP contribution in [-0.4, -0.2) is 24.1 Å². The minimum Gasteiger partial charge on any atom is -0.438 e. The first-order valence-corrected chi connectivity index (χ1v) is 10.7. The van der Waals surface area contributed by atoms with Crippen molar-refractivity contribution in [3.63, 3.8) is 0 Å². The van der Waals surface area contributed by atoms with Crippen LogP contribution in [0.3, 0.4) is 0 Å². The molecule has 0 fully saturated rings. The van der Waals surface area contributed by atoms with Crippen LogP contribution < -0.4 is 9.47 Å². The summed E-state index contributed by atoms with van der Waals surface area (Å²) >= 11 is 0. The van der Waals surface area contributed by atoms with Crippen LogP contribution in [0.2, 0.25) is 0 Å². The van der Waals surface area contributed by atoms with E-state index in [1.807, 2.05) is 75.0 Å². The van der Waals surface area contributed by atoms with Crippen molar-refractivity contribution < 1.29 is 13.9 Å². The lowest BCUT2D eigenvalue weighted by Gasteiger charge is -2.08. The van der Waals surface area contributed by atoms with Crippen molar-refractivity contribution in [3.05, 3.63) is 91.0 Å². The highest BCUT2D eigenvalue weighted by molar-refractivity contribution is 6.10. The van der Waals surface area contributed by atoms with Gasteiger partial charge in [-0.05, 0) is 60.7 Å². The molecule has 0 aliphatic carbocycles. The molecule has 168 valence electrons. The number of aromatic nitrogens is 5. The van der Waals surface area contributed by atoms with Crippen LogP contribution in [0.5, 0.6) is 23.3 Å². The molecule has 34 heavy (non-hydrogen) atoms. The molecule has 3 aromatic carbocycles. The van der Waals surface area contributed by atoms with E-state index in [2.05, 4.69) is 14.8 Å². The predicted molar refractivity (Wildman–Crippen MR) is 127 cm³/mol. The van der Waals surface area contributed by atoms with Gasteiger partial charge in [-0.15, -0.1) is 10.2 Å². The van der Waals surface area contributed by atoms with E-state index in [4.69, 9.17) is 9.47 Å². The Kier molecular flexibility index (Phi) is 4.58. The molecule has 0 amide bonds. The summed E-state index contributed by atoms with van der Waals surface area (Å²) in [5.41, 5.74) is 2.79. The summed E-state index contributed by atoms with van der Waals surface area (Å²) < 4.78 is 31.1. The Morgan fingerprint density at radius 3 is 1.59 bits per heavy atom. The second kappa shape index (κ2) is 7.77. The molecule has 0 saturated carbocycles. The monoisotopic (exact) mass is 453 g/mol. The molecule has 7 nitrogen and oxygen atoms in total. The maximum Gasteiger partial charge on any atom is 0.238 e. The summed E-state index contributed by atoms with van der Waals surface area (Å²) in [6.07, 6.45) is 3.66. The number of rotatable bonds is 5. The van der Waals surface area contributed by atoms with Crippen molar-refractivity contribution in [2.45, 2.75) is 0 Å². The standard InChI is InChI=1S/C26H20FN5O2/c1-30-13-11-25(28-30)33-19-7-9-23-21(15-19)22-16-20(34-26-12-14-31(2)29-26)8-10-24(22)32(23)18-5-3-17(27)4-6-18/h3-16H,1-2H3. The Balaban J connectivity index is 1.52. The van der Waals surface area contributed by atoms with Crippen molar-refractivity contribution in [1.82, 2.24) is 24.1 Å². The van der Waals surface area contributed by atoms with Crippen LogP contribution in [0.4, 0.5) is 4.39 Å². The van der Waals surface area contributed by atoms with Gasteiger partial charge in [0.05, 0.1) is 11.0 Å². The molecule has 3 heterocycles. The Morgan fingerprint density at radius 2 is 1.15 bits per heavy atom. The Labute approximate surface area is 194 Å². The first-order chi connectivity index (χ1) is 16.5. The van der Waals surface area contributed by atoms with Crippen molar-refractivity contribution in [2.75, 3.05) is 0 Å². The second-order valence-electron chi connectivity index (χ2n) is 8.03. The lowest BCUT2D eigenvalue weighted by molar-refractivity contribution is 0.454. The minimum atomic E-state index is -0.276. The fourth-order valence-electron chi connectivity index (χ4n) is 4.11. The predicted octanol–water partition coefficient (Wildman–Crippen LogP) is 5.97. The van der Waals surface area contributed by atoms with Crippen LogP contribution >= 0.6 is 0 Å². The van der Waals surface area contributed by atoms with Gasteiger partial charge in [-0.25, -0.2) is 4.39 Å². The molecule has 8 heteroatoms. The van der Waals surface area contributed by atoms with Crippen LogP contribution in [0.25, 0.3) is 27.5 Å². The zero-order chi connectivity index (χ0) is 23.2. The smallest absolute Gasteiger partial charge is 0.238 e. The molecule has 6 aromatic rings. The summed E-state index contributed by atoms with van der Waals surface area (Å²) in [5.74, 6) is 2.09. The third-order valence-electron chi connectivity index (χ3n) is 5.62. The first kappa shape index (κ1) is 20.0. The van der Waals surface area contributed by atoms with Gasteiger partial charge >= 0.3 is 0 Å². The van der Waals surface area contributed by atoms with Crippen molar-refractivity contribution in [2.24, 2.45) is 14.1 Å². The van der Waals surface area contributed by atoms with E-state index < -0.39 is 0 Å². The normalized spacial score (nSPS) is 11.4. The molecule has 0 aliphatic heterocycles. The van der Waals surface area contributed by atoms with E-state index in [1.165, 1.54) is 12.1 Å². The summed E-state index contributed by atoms with van der Waals surface area (Å²) in [6, 6.07) is 21.8. The largest absolute Gasteiger partial charge is 0.438 e. The highest BCUT2D eigenvalue weighted by Crippen LogP contribution is 2.37. The number of benzene rings is 3. The van der Waals surface area contributed by atoms with Gasteiger partial charge in [-0.3, -0.25) is 9.36 Å². The number of hydrogen-bond donors (Lipinski definition) is 0. The minimum absolute atomic E-state index is 0.276. The second-order valence-corrected chi connectivity index (χ2v) is 8.03. The van der Waals surface area contributed by atoms with Gasteiger partial charge in [0.1, 0.15) is 17.3 Å². The average molecular weight is 453 g/mol. The summed E-state index contributed by atoms with van der Waals surface area (Å²) in [5, 5.41) is 10.5. The average Bonchev–Trinajstić information content (AvgIpc) is 3.51. The van der Waals surface area contributed by atoms with Crippen molar-refractivity contribution in [3.8, 4) is 28.9 Å². The first-order valence-electron chi connectivity index (χ1n) is 10.7. The fourth-order valence-corrected chi connectivity index (χ4v) is 4.11. The third kappa shape index (κ3) is 3.55. The van der Waals surface area contributed by atoms with Gasteiger partial charge in [0.25, 0.3) is 0 Å². The molecule has 0 aliphatic rings. The van der Waals surface area contributed by atoms with Crippen LogP contribution in [0.15, 0.2) is 85.2 Å². The molecule has 3 aromatic heterocycles. The van der Waals surface area contributed by atoms with Crippen LogP contribution in [0, 0.1) is 5.82 Å². The maximum absolute atomic E-state index is 13.6. The van der Waals surface area contributed by atoms with Gasteiger partial charge in [-0.2, -0.15) is 0 Å². The molecular weight excluding hydrogens is 433 g/mol. The SMILES string of the molecule is Cn1ccc(Oc2ccc3c(c2)c2cc(Oc4ccn(C)n4)ccc2n3-c2ccc(F)cc2)n1. The Bertz CT molecular complexity index is 1550. The topological polar surface area (TPSA) is 59.0 Å². The van der Waals surface area contributed by atoms with Gasteiger partial charge in [0.15, 0.2) is 0 Å². The van der Waals surface area contributed by atoms with E-state index >= 15 is 0 Å². The molecule has 0 atom stereocenters. The lowest BCUT2D eigenvalue weighted by atomic mass is 10.1. The molecule has 0 bridgehead atoms. The van der Waals surface area contributed by atoms with Crippen LogP contribution in [-0.2, 0) is 14.1 Å². The van der Waals surface area contributed by atoms with E-state index in [0.717, 1.165) is 27.5 Å². The van der Waals surface area contributed by atoms with E-state index in [9.17, 15) is 4.39 Å². The zero-order valence-corrected chi connectivity index (χ0v) is 18.5. The molecular formula is C26H20FN5O2. The third-order valence-corrected chi connectivity index (χ3v) is 5.62. The van der Waals surface area contributed by atoms with Crippen molar-refractivity contribution in [1.29, 1.82) is 0 Å². The molecule has 0 spiro atoms. The number of aryl methyl sites for hydroxylation is 2. The quantitative estimate of drug-likeness (QED) is 0.322. The van der Waals surface area contributed by atoms with Gasteiger partial charge in [0.2, 0.25) is 11.8 Å². The summed E-state index contributed by atoms with van der Waals surface area (Å²) in [7, 11) is 3.69. The van der Waals surface area contributed by atoms with E-state index in [1.54, 1.807) is 21.5 Å². The molecule has 0 radical (unpaired) electrons. The molecule has 0 saturated heterocycles. The number of hydrogen-bond acceptors (Lipinski definition) is 4. The van der Waals surface area contributed by atoms with Gasteiger partial charge < -0.3 is 14.0 Å². The van der Waals surface area contributed by atoms with Gasteiger partial charge in [0, 0.05) is 55.1 Å². The highest BCUT2D eigenvalue weighted by atomic mass is 19.1. The number of nitrogens with zero attached hydrogens (tertiary/aromatic N) is 5. The van der Waals surface area contributed by atoms with E-state index in [-0.39, 0.29) is 5.82 Å². The fraction of sp³-hybridized carbons (Fsp3) is 0.0769. The Morgan fingerprint density at radius 1 is 0.647 bits per heavy atom. The van der Waals surface area contributed by atoms with Crippen molar-refractivity contribution >= 4 is 21.8 Å². The lowest BCUT2D eigenvalue weighted by Crippen LogP contribution is -1.94. The Hall–Kier alpha value is -4.59.